The van der Waals surface area contributed by atoms with E-state index in [4.69, 9.17) is 11.6 Å². The number of nitriles is 1. The van der Waals surface area contributed by atoms with Gasteiger partial charge in [0.25, 0.3) is 0 Å². The summed E-state index contributed by atoms with van der Waals surface area (Å²) in [6, 6.07) is 20.8. The van der Waals surface area contributed by atoms with Crippen molar-refractivity contribution < 1.29 is 4.79 Å². The van der Waals surface area contributed by atoms with Crippen molar-refractivity contribution in [3.63, 3.8) is 0 Å². The molecule has 1 N–H and O–H groups in total. The molecule has 0 saturated carbocycles. The molecule has 34 heavy (non-hydrogen) atoms. The lowest BCUT2D eigenvalue weighted by molar-refractivity contribution is -0.116. The van der Waals surface area contributed by atoms with E-state index in [1.165, 1.54) is 6.08 Å². The van der Waals surface area contributed by atoms with Crippen LogP contribution < -0.4 is 10.3 Å². The smallest absolute Gasteiger partial charge is 0.247 e. The van der Waals surface area contributed by atoms with E-state index in [0.717, 1.165) is 11.3 Å². The normalized spacial score (nSPS) is 18.6. The molecule has 2 aromatic heterocycles. The first-order chi connectivity index (χ1) is 16.5. The van der Waals surface area contributed by atoms with Crippen molar-refractivity contribution in [2.45, 2.75) is 24.9 Å². The lowest BCUT2D eigenvalue weighted by Crippen LogP contribution is -2.53. The Morgan fingerprint density at radius 2 is 1.97 bits per heavy atom. The molecule has 1 aromatic carbocycles. The maximum absolute atomic E-state index is 12.5. The number of anilines is 1. The molecule has 3 aromatic rings. The van der Waals surface area contributed by atoms with Gasteiger partial charge in [0.05, 0.1) is 29.9 Å². The zero-order valence-electron chi connectivity index (χ0n) is 18.6. The van der Waals surface area contributed by atoms with Gasteiger partial charge in [0.2, 0.25) is 5.91 Å². The molecule has 4 rings (SSSR count). The zero-order chi connectivity index (χ0) is 24.1. The molecule has 1 aliphatic rings. The SMILES string of the molecule is C=CC(=O)NC1=CN(c2cc(Cl)ccn2)N(C(C)c2ccccn2)C1(CC#N)c1ccccc1. The molecule has 0 saturated heterocycles. The van der Waals surface area contributed by atoms with Gasteiger partial charge in [0.1, 0.15) is 11.4 Å². The third kappa shape index (κ3) is 4.17. The number of carbonyl (C=O) groups excluding carboxylic acids is 1. The van der Waals surface area contributed by atoms with Crippen LogP contribution in [0.5, 0.6) is 0 Å². The Labute approximate surface area is 203 Å². The minimum absolute atomic E-state index is 0.0501. The lowest BCUT2D eigenvalue weighted by atomic mass is 9.83. The fourth-order valence-electron chi connectivity index (χ4n) is 4.27. The van der Waals surface area contributed by atoms with Crippen molar-refractivity contribution in [3.8, 4) is 6.07 Å². The van der Waals surface area contributed by atoms with Crippen molar-refractivity contribution in [1.82, 2.24) is 20.3 Å². The van der Waals surface area contributed by atoms with Crippen LogP contribution in [-0.4, -0.2) is 20.9 Å². The molecule has 170 valence electrons. The highest BCUT2D eigenvalue weighted by molar-refractivity contribution is 6.30. The van der Waals surface area contributed by atoms with Crippen molar-refractivity contribution >= 4 is 23.3 Å². The van der Waals surface area contributed by atoms with Gasteiger partial charge in [-0.15, -0.1) is 0 Å². The number of carbonyl (C=O) groups is 1. The van der Waals surface area contributed by atoms with E-state index >= 15 is 0 Å². The summed E-state index contributed by atoms with van der Waals surface area (Å²) < 4.78 is 0. The first kappa shape index (κ1) is 23.2. The Kier molecular flexibility index (Phi) is 6.73. The van der Waals surface area contributed by atoms with E-state index < -0.39 is 5.54 Å². The standard InChI is InChI=1S/C26H23ClN6O/c1-3-25(34)31-23-18-32(24-17-21(27)12-16-30-24)33(19(2)22-11-7-8-15-29-22)26(23,13-14-28)20-9-5-4-6-10-20/h3-12,15-19H,1,13H2,2H3,(H,31,34). The molecule has 0 aliphatic carbocycles. The van der Waals surface area contributed by atoms with Gasteiger partial charge in [-0.25, -0.2) is 4.98 Å². The Morgan fingerprint density at radius 1 is 1.21 bits per heavy atom. The Balaban J connectivity index is 2.00. The van der Waals surface area contributed by atoms with E-state index in [1.807, 2.05) is 65.5 Å². The second-order valence-corrected chi connectivity index (χ2v) is 8.19. The minimum atomic E-state index is -1.05. The van der Waals surface area contributed by atoms with Crippen LogP contribution in [0.15, 0.2) is 97.6 Å². The largest absolute Gasteiger partial charge is 0.323 e. The summed E-state index contributed by atoms with van der Waals surface area (Å²) in [6.07, 6.45) is 6.38. The average Bonchev–Trinajstić information content (AvgIpc) is 3.19. The summed E-state index contributed by atoms with van der Waals surface area (Å²) in [5.41, 5.74) is 1.10. The van der Waals surface area contributed by atoms with Crippen LogP contribution in [0, 0.1) is 11.3 Å². The van der Waals surface area contributed by atoms with Gasteiger partial charge in [-0.1, -0.05) is 54.6 Å². The van der Waals surface area contributed by atoms with Crippen LogP contribution in [0.4, 0.5) is 5.82 Å². The van der Waals surface area contributed by atoms with Gasteiger partial charge >= 0.3 is 0 Å². The Morgan fingerprint density at radius 3 is 2.62 bits per heavy atom. The molecule has 8 heteroatoms. The molecular weight excluding hydrogens is 448 g/mol. The molecule has 2 atom stereocenters. The van der Waals surface area contributed by atoms with Gasteiger partial charge in [-0.2, -0.15) is 10.3 Å². The van der Waals surface area contributed by atoms with Crippen LogP contribution in [0.2, 0.25) is 5.02 Å². The number of rotatable bonds is 7. The summed E-state index contributed by atoms with van der Waals surface area (Å²) >= 11 is 6.31. The second kappa shape index (κ2) is 9.87. The fraction of sp³-hybridized carbons (Fsp3) is 0.154. The van der Waals surface area contributed by atoms with Crippen LogP contribution >= 0.6 is 11.6 Å². The first-order valence-electron chi connectivity index (χ1n) is 10.7. The number of benzene rings is 1. The fourth-order valence-corrected chi connectivity index (χ4v) is 4.43. The number of hydrazine groups is 1. The highest BCUT2D eigenvalue weighted by Gasteiger charge is 2.52. The van der Waals surface area contributed by atoms with E-state index in [0.29, 0.717) is 16.5 Å². The van der Waals surface area contributed by atoms with Crippen LogP contribution in [0.1, 0.15) is 30.6 Å². The quantitative estimate of drug-likeness (QED) is 0.495. The number of hydrogen-bond acceptors (Lipinski definition) is 6. The number of pyridine rings is 2. The van der Waals surface area contributed by atoms with Gasteiger partial charge in [-0.05, 0) is 36.8 Å². The van der Waals surface area contributed by atoms with Gasteiger partial charge in [0, 0.05) is 29.7 Å². The maximum Gasteiger partial charge on any atom is 0.247 e. The van der Waals surface area contributed by atoms with Gasteiger partial charge < -0.3 is 5.32 Å². The van der Waals surface area contributed by atoms with E-state index in [1.54, 1.807) is 30.7 Å². The van der Waals surface area contributed by atoms with Crippen molar-refractivity contribution in [3.05, 3.63) is 114 Å². The van der Waals surface area contributed by atoms with Crippen molar-refractivity contribution in [1.29, 1.82) is 5.26 Å². The van der Waals surface area contributed by atoms with Crippen molar-refractivity contribution in [2.75, 3.05) is 5.01 Å². The molecular formula is C26H23ClN6O. The average molecular weight is 471 g/mol. The van der Waals surface area contributed by atoms with Crippen LogP contribution in [-0.2, 0) is 10.3 Å². The van der Waals surface area contributed by atoms with Crippen LogP contribution in [0.3, 0.4) is 0 Å². The van der Waals surface area contributed by atoms with E-state index in [9.17, 15) is 10.1 Å². The summed E-state index contributed by atoms with van der Waals surface area (Å²) in [5.74, 6) is 0.159. The summed E-state index contributed by atoms with van der Waals surface area (Å²) in [4.78, 5) is 21.6. The zero-order valence-corrected chi connectivity index (χ0v) is 19.4. The predicted octanol–water partition coefficient (Wildman–Crippen LogP) is 4.88. The Bertz CT molecular complexity index is 1260. The third-order valence-electron chi connectivity index (χ3n) is 5.77. The number of amides is 1. The van der Waals surface area contributed by atoms with Crippen molar-refractivity contribution in [2.24, 2.45) is 0 Å². The number of halogens is 1. The monoisotopic (exact) mass is 470 g/mol. The molecule has 0 radical (unpaired) electrons. The summed E-state index contributed by atoms with van der Waals surface area (Å²) in [6.45, 7) is 5.59. The molecule has 3 heterocycles. The minimum Gasteiger partial charge on any atom is -0.323 e. The van der Waals surface area contributed by atoms with E-state index in [-0.39, 0.29) is 18.4 Å². The number of nitrogens with zero attached hydrogens (tertiary/aromatic N) is 5. The highest BCUT2D eigenvalue weighted by Crippen LogP contribution is 2.49. The summed E-state index contributed by atoms with van der Waals surface area (Å²) in [5, 5.41) is 17.3. The molecule has 0 spiro atoms. The molecule has 2 unspecified atom stereocenters. The third-order valence-corrected chi connectivity index (χ3v) is 6.01. The lowest BCUT2D eigenvalue weighted by Gasteiger charge is -2.45. The summed E-state index contributed by atoms with van der Waals surface area (Å²) in [7, 11) is 0. The second-order valence-electron chi connectivity index (χ2n) is 7.75. The molecule has 0 fully saturated rings. The number of aromatic nitrogens is 2. The molecule has 1 aliphatic heterocycles. The molecule has 0 bridgehead atoms. The highest BCUT2D eigenvalue weighted by atomic mass is 35.5. The predicted molar refractivity (Wildman–Crippen MR) is 131 cm³/mol. The molecule has 1 amide bonds. The molecule has 7 nitrogen and oxygen atoms in total. The maximum atomic E-state index is 12.5. The van der Waals surface area contributed by atoms with Gasteiger partial charge in [-0.3, -0.25) is 14.8 Å². The van der Waals surface area contributed by atoms with Gasteiger partial charge in [0.15, 0.2) is 0 Å². The first-order valence-corrected chi connectivity index (χ1v) is 11.1. The Hall–Kier alpha value is -3.99. The number of nitrogens with one attached hydrogen (secondary N) is 1. The van der Waals surface area contributed by atoms with E-state index in [2.05, 4.69) is 27.9 Å². The van der Waals surface area contributed by atoms with Crippen LogP contribution in [0.25, 0.3) is 0 Å². The number of hydrogen-bond donors (Lipinski definition) is 1. The topological polar surface area (TPSA) is 85.2 Å².